The fraction of sp³-hybridized carbons (Fsp3) is 0.441. The normalized spacial score (nSPS) is 12.6. The van der Waals surface area contributed by atoms with Gasteiger partial charge >= 0.3 is 6.09 Å². The Morgan fingerprint density at radius 1 is 1.09 bits per heavy atom. The largest absolute Gasteiger partial charge is 0.481 e. The second-order valence-electron chi connectivity index (χ2n) is 11.8. The quantitative estimate of drug-likeness (QED) is 0.143. The van der Waals surface area contributed by atoms with Crippen LogP contribution in [0.3, 0.4) is 0 Å². The monoisotopic (exact) mass is 636 g/mol. The highest BCUT2D eigenvalue weighted by Gasteiger charge is 2.34. The van der Waals surface area contributed by atoms with Crippen molar-refractivity contribution in [3.05, 3.63) is 48.4 Å². The van der Waals surface area contributed by atoms with Gasteiger partial charge < -0.3 is 19.7 Å². The maximum atomic E-state index is 16.5. The minimum absolute atomic E-state index is 0.0345. The molecule has 0 spiro atoms. The Morgan fingerprint density at radius 3 is 2.33 bits per heavy atom. The molecule has 1 amide bonds. The summed E-state index contributed by atoms with van der Waals surface area (Å²) in [6, 6.07) is 9.32. The summed E-state index contributed by atoms with van der Waals surface area (Å²) in [5.41, 5.74) is -0.432. The molecule has 9 nitrogen and oxygen atoms in total. The molecule has 0 aliphatic rings. The molecule has 0 radical (unpaired) electrons. The lowest BCUT2D eigenvalue weighted by atomic mass is 9.97. The zero-order chi connectivity index (χ0) is 33.5. The number of rotatable bonds is 9. The van der Waals surface area contributed by atoms with Gasteiger partial charge in [0, 0.05) is 25.0 Å². The first-order valence-corrected chi connectivity index (χ1v) is 16.2. The molecular weight excluding hydrogens is 591 g/mol. The molecule has 1 unspecified atom stereocenters. The van der Waals surface area contributed by atoms with E-state index in [-0.39, 0.29) is 11.2 Å². The van der Waals surface area contributed by atoms with Gasteiger partial charge in [-0.15, -0.1) is 0 Å². The Hall–Kier alpha value is -3.99. The van der Waals surface area contributed by atoms with Crippen molar-refractivity contribution in [2.45, 2.75) is 77.6 Å². The fourth-order valence-corrected chi connectivity index (χ4v) is 4.83. The van der Waals surface area contributed by atoms with Crippen LogP contribution in [0.1, 0.15) is 67.0 Å². The van der Waals surface area contributed by atoms with E-state index in [0.29, 0.717) is 46.6 Å². The first-order valence-electron chi connectivity index (χ1n) is 15.0. The first kappa shape index (κ1) is 35.5. The molecule has 11 heteroatoms. The lowest BCUT2D eigenvalue weighted by Crippen LogP contribution is -2.52. The van der Waals surface area contributed by atoms with E-state index in [1.165, 1.54) is 25.3 Å². The molecule has 0 bridgehead atoms. The molecule has 1 atom stereocenters. The molecule has 0 saturated heterocycles. The minimum atomic E-state index is -0.650. The first-order chi connectivity index (χ1) is 21.3. The third kappa shape index (κ3) is 8.00. The van der Waals surface area contributed by atoms with Gasteiger partial charge in [-0.05, 0) is 51.8 Å². The topological polar surface area (TPSA) is 102 Å². The van der Waals surface area contributed by atoms with Crippen LogP contribution in [0.4, 0.5) is 15.0 Å². The minimum Gasteiger partial charge on any atom is -0.481 e. The predicted molar refractivity (Wildman–Crippen MR) is 184 cm³/mol. The van der Waals surface area contributed by atoms with E-state index in [2.05, 4.69) is 45.7 Å². The number of hydrogen-bond acceptors (Lipinski definition) is 9. The van der Waals surface area contributed by atoms with Gasteiger partial charge in [0.25, 0.3) is 0 Å². The Kier molecular flexibility index (Phi) is 11.7. The molecule has 4 rings (SSSR count). The maximum absolute atomic E-state index is 16.5. The summed E-state index contributed by atoms with van der Waals surface area (Å²) in [6.45, 7) is 17.9. The number of fused-ring (bicyclic) bond motifs is 2. The number of aromatic nitrogens is 4. The molecule has 1 N–H and O–H groups in total. The lowest BCUT2D eigenvalue weighted by molar-refractivity contribution is 0.00953. The highest BCUT2D eigenvalue weighted by atomic mass is 32.2. The third-order valence-corrected chi connectivity index (χ3v) is 7.74. The van der Waals surface area contributed by atoms with Crippen molar-refractivity contribution in [3.8, 4) is 17.3 Å². The highest BCUT2D eigenvalue weighted by molar-refractivity contribution is 7.98. The number of carbonyl (C=O) groups is 1. The number of ether oxygens (including phenoxy) is 2. The molecule has 0 saturated carbocycles. The number of halogens is 1. The molecular formula is C34H45FN6O3S. The Morgan fingerprint density at radius 2 is 1.76 bits per heavy atom. The number of carbonyl (C=O) groups excluding carboxylic acids is 1. The van der Waals surface area contributed by atoms with Gasteiger partial charge in [0.05, 0.1) is 23.7 Å². The van der Waals surface area contributed by atoms with E-state index in [4.69, 9.17) is 9.47 Å². The van der Waals surface area contributed by atoms with E-state index in [1.54, 1.807) is 24.1 Å². The van der Waals surface area contributed by atoms with E-state index in [1.807, 2.05) is 65.1 Å². The summed E-state index contributed by atoms with van der Waals surface area (Å²) < 4.78 is 27.5. The van der Waals surface area contributed by atoms with E-state index >= 15 is 4.39 Å². The highest BCUT2D eigenvalue weighted by Crippen LogP contribution is 2.36. The number of likely N-dealkylation sites (N-methyl/N-ethyl adjacent to an activating group) is 1. The van der Waals surface area contributed by atoms with E-state index in [9.17, 15) is 4.79 Å². The number of pyridine rings is 2. The van der Waals surface area contributed by atoms with Crippen LogP contribution in [0.25, 0.3) is 39.1 Å². The number of nitrogens with zero attached hydrogens (tertiary/aromatic N) is 5. The van der Waals surface area contributed by atoms with Crippen molar-refractivity contribution in [1.29, 1.82) is 0 Å². The van der Waals surface area contributed by atoms with Crippen LogP contribution >= 0.6 is 11.8 Å². The average molecular weight is 637 g/mol. The van der Waals surface area contributed by atoms with Crippen LogP contribution in [0.5, 0.6) is 5.88 Å². The summed E-state index contributed by atoms with van der Waals surface area (Å²) in [5.74, 6) is 0.0947. The van der Waals surface area contributed by atoms with Gasteiger partial charge in [-0.1, -0.05) is 69.8 Å². The average Bonchev–Trinajstić information content (AvgIpc) is 3.02. The van der Waals surface area contributed by atoms with Crippen LogP contribution in [-0.4, -0.2) is 69.0 Å². The molecule has 0 fully saturated rings. The Labute approximate surface area is 270 Å². The Bertz CT molecular complexity index is 1680. The SMILES string of the molecule is C=Cc1nc(-c2nc(OC)cc3ccccc23)c(F)c2nc(SC)nc(NCC(C)(CC)N(C)C(=O)OC(C)(C)C)c12.CCC. The second kappa shape index (κ2) is 14.9. The predicted octanol–water partition coefficient (Wildman–Crippen LogP) is 8.62. The van der Waals surface area contributed by atoms with Crippen LogP contribution in [0.15, 0.2) is 42.1 Å². The molecule has 3 aromatic heterocycles. The lowest BCUT2D eigenvalue weighted by Gasteiger charge is -2.39. The molecule has 4 aromatic rings. The summed E-state index contributed by atoms with van der Waals surface area (Å²) in [5, 5.41) is 5.67. The van der Waals surface area contributed by atoms with Gasteiger partial charge in [0.1, 0.15) is 28.3 Å². The molecule has 1 aromatic carbocycles. The van der Waals surface area contributed by atoms with E-state index in [0.717, 1.165) is 10.8 Å². The van der Waals surface area contributed by atoms with Crippen molar-refractivity contribution < 1.29 is 18.7 Å². The summed E-state index contributed by atoms with van der Waals surface area (Å²) in [7, 11) is 3.22. The van der Waals surface area contributed by atoms with Crippen LogP contribution in [-0.2, 0) is 4.74 Å². The number of benzene rings is 1. The molecule has 242 valence electrons. The summed E-state index contributed by atoms with van der Waals surface area (Å²) >= 11 is 1.29. The van der Waals surface area contributed by atoms with Gasteiger partial charge in [0.15, 0.2) is 11.0 Å². The Balaban J connectivity index is 0.00000177. The van der Waals surface area contributed by atoms with Gasteiger partial charge in [-0.2, -0.15) is 0 Å². The maximum Gasteiger partial charge on any atom is 0.410 e. The van der Waals surface area contributed by atoms with Gasteiger partial charge in [-0.3, -0.25) is 0 Å². The number of thioether (sulfide) groups is 1. The third-order valence-electron chi connectivity index (χ3n) is 7.19. The summed E-state index contributed by atoms with van der Waals surface area (Å²) in [4.78, 5) is 32.9. The number of methoxy groups -OCH3 is 1. The second-order valence-corrected chi connectivity index (χ2v) is 12.6. The number of hydrogen-bond donors (Lipinski definition) is 1. The zero-order valence-corrected chi connectivity index (χ0v) is 28.9. The number of amides is 1. The van der Waals surface area contributed by atoms with Crippen LogP contribution in [0, 0.1) is 5.82 Å². The van der Waals surface area contributed by atoms with Crippen molar-refractivity contribution in [2.24, 2.45) is 0 Å². The van der Waals surface area contributed by atoms with Crippen LogP contribution in [0.2, 0.25) is 0 Å². The van der Waals surface area contributed by atoms with E-state index < -0.39 is 23.1 Å². The number of nitrogens with one attached hydrogen (secondary N) is 1. The molecule has 0 aliphatic carbocycles. The van der Waals surface area contributed by atoms with Crippen molar-refractivity contribution in [2.75, 3.05) is 32.3 Å². The van der Waals surface area contributed by atoms with Crippen molar-refractivity contribution >= 4 is 51.4 Å². The van der Waals surface area contributed by atoms with Crippen molar-refractivity contribution in [3.63, 3.8) is 0 Å². The smallest absolute Gasteiger partial charge is 0.410 e. The molecule has 0 aliphatic heterocycles. The fourth-order valence-electron chi connectivity index (χ4n) is 4.47. The molecule has 45 heavy (non-hydrogen) atoms. The van der Waals surface area contributed by atoms with Crippen molar-refractivity contribution in [1.82, 2.24) is 24.8 Å². The number of anilines is 1. The molecule has 3 heterocycles. The van der Waals surface area contributed by atoms with Gasteiger partial charge in [0.2, 0.25) is 5.88 Å². The van der Waals surface area contributed by atoms with Crippen LogP contribution < -0.4 is 10.1 Å². The standard InChI is InChI=1S/C31H37FN6O3S.C3H8/c1-10-20-22-25(23(32)26(34-20)24-19-15-13-12-14-18(19)16-21(35-24)40-8)36-28(42-9)37-27(22)33-17-31(6,11-2)38(7)29(39)41-30(3,4)5;1-3-2/h10,12-16H,1,11,17H2,2-9H3,(H,33,36,37);3H2,1-2H3. The van der Waals surface area contributed by atoms with Gasteiger partial charge in [-0.25, -0.2) is 29.1 Å². The zero-order valence-electron chi connectivity index (χ0n) is 28.0. The summed E-state index contributed by atoms with van der Waals surface area (Å²) in [6.07, 6.45) is 4.80.